The summed E-state index contributed by atoms with van der Waals surface area (Å²) in [5, 5.41) is 0. The van der Waals surface area contributed by atoms with E-state index in [1.165, 1.54) is 57.8 Å². The summed E-state index contributed by atoms with van der Waals surface area (Å²) in [6.07, 6.45) is 13.4. The van der Waals surface area contributed by atoms with Crippen LogP contribution in [-0.4, -0.2) is 37.1 Å². The van der Waals surface area contributed by atoms with Gasteiger partial charge < -0.3 is 4.74 Å². The van der Waals surface area contributed by atoms with E-state index < -0.39 is 0 Å². The minimum atomic E-state index is -0.0397. The van der Waals surface area contributed by atoms with Crippen molar-refractivity contribution in [2.45, 2.75) is 91.4 Å². The summed E-state index contributed by atoms with van der Waals surface area (Å²) in [5.41, 5.74) is 0. The molecule has 0 heterocycles. The molecule has 0 aliphatic rings. The summed E-state index contributed by atoms with van der Waals surface area (Å²) in [5.74, 6) is -0.0397. The van der Waals surface area contributed by atoms with Crippen LogP contribution in [0.15, 0.2) is 0 Å². The molecule has 0 spiro atoms. The third kappa shape index (κ3) is 14.4. The smallest absolute Gasteiger partial charge is 0.320 e. The van der Waals surface area contributed by atoms with E-state index >= 15 is 0 Å². The third-order valence-electron chi connectivity index (χ3n) is 4.02. The van der Waals surface area contributed by atoms with Gasteiger partial charge in [-0.15, -0.1) is 0 Å². The number of hydrogen-bond donors (Lipinski definition) is 0. The average molecular weight is 314 g/mol. The Labute approximate surface area is 138 Å². The summed E-state index contributed by atoms with van der Waals surface area (Å²) >= 11 is 0. The number of esters is 1. The van der Waals surface area contributed by atoms with Crippen molar-refractivity contribution in [1.82, 2.24) is 4.90 Å². The largest absolute Gasteiger partial charge is 0.465 e. The Balaban J connectivity index is 3.94. The third-order valence-corrected chi connectivity index (χ3v) is 4.02. The molecule has 3 heteroatoms. The van der Waals surface area contributed by atoms with Gasteiger partial charge in [-0.3, -0.25) is 9.69 Å². The molecule has 0 N–H and O–H groups in total. The second kappa shape index (κ2) is 16.8. The number of unbranched alkanes of at least 4 members (excludes halogenated alkanes) is 8. The van der Waals surface area contributed by atoms with Crippen LogP contribution >= 0.6 is 0 Å². The van der Waals surface area contributed by atoms with Crippen molar-refractivity contribution < 1.29 is 9.53 Å². The number of rotatable bonds is 16. The zero-order valence-corrected chi connectivity index (χ0v) is 15.4. The molecular formula is C19H39NO2. The lowest BCUT2D eigenvalue weighted by Crippen LogP contribution is -2.33. The van der Waals surface area contributed by atoms with Crippen molar-refractivity contribution in [2.24, 2.45) is 0 Å². The van der Waals surface area contributed by atoms with Crippen molar-refractivity contribution in [3.63, 3.8) is 0 Å². The lowest BCUT2D eigenvalue weighted by molar-refractivity contribution is -0.145. The van der Waals surface area contributed by atoms with E-state index in [0.29, 0.717) is 13.2 Å². The highest BCUT2D eigenvalue weighted by atomic mass is 16.5. The van der Waals surface area contributed by atoms with Gasteiger partial charge in [0.05, 0.1) is 13.2 Å². The lowest BCUT2D eigenvalue weighted by atomic mass is 10.1. The van der Waals surface area contributed by atoms with Crippen LogP contribution in [0.2, 0.25) is 0 Å². The van der Waals surface area contributed by atoms with Gasteiger partial charge in [0.2, 0.25) is 0 Å². The first-order chi connectivity index (χ1) is 10.7. The number of carbonyl (C=O) groups is 1. The van der Waals surface area contributed by atoms with Gasteiger partial charge in [0.15, 0.2) is 0 Å². The van der Waals surface area contributed by atoms with Gasteiger partial charge in [0, 0.05) is 0 Å². The fraction of sp³-hybridized carbons (Fsp3) is 0.947. The fourth-order valence-electron chi connectivity index (χ4n) is 2.56. The minimum absolute atomic E-state index is 0.0397. The summed E-state index contributed by atoms with van der Waals surface area (Å²) in [7, 11) is 0. The molecule has 0 rings (SSSR count). The quantitative estimate of drug-likeness (QED) is 0.290. The Morgan fingerprint density at radius 1 is 0.727 bits per heavy atom. The Morgan fingerprint density at radius 2 is 1.23 bits per heavy atom. The summed E-state index contributed by atoms with van der Waals surface area (Å²) in [6.45, 7) is 9.77. The predicted molar refractivity (Wildman–Crippen MR) is 95.2 cm³/mol. The zero-order valence-electron chi connectivity index (χ0n) is 15.4. The number of hydrogen-bond acceptors (Lipinski definition) is 3. The maximum atomic E-state index is 11.9. The Hall–Kier alpha value is -0.570. The molecule has 0 bridgehead atoms. The first-order valence-electron chi connectivity index (χ1n) is 9.62. The molecule has 0 saturated carbocycles. The highest BCUT2D eigenvalue weighted by Gasteiger charge is 2.11. The molecule has 0 aromatic carbocycles. The molecule has 0 atom stereocenters. The Kier molecular flexibility index (Phi) is 16.4. The van der Waals surface area contributed by atoms with Gasteiger partial charge >= 0.3 is 5.97 Å². The molecule has 0 aromatic rings. The summed E-state index contributed by atoms with van der Waals surface area (Å²) in [6, 6.07) is 0. The van der Waals surface area contributed by atoms with Crippen LogP contribution in [0, 0.1) is 0 Å². The molecule has 0 amide bonds. The lowest BCUT2D eigenvalue weighted by Gasteiger charge is -2.21. The highest BCUT2D eigenvalue weighted by Crippen LogP contribution is 2.06. The van der Waals surface area contributed by atoms with Crippen LogP contribution < -0.4 is 0 Å². The Bertz CT molecular complexity index is 232. The molecular weight excluding hydrogens is 274 g/mol. The fourth-order valence-corrected chi connectivity index (χ4v) is 2.56. The normalized spacial score (nSPS) is 11.1. The van der Waals surface area contributed by atoms with Crippen molar-refractivity contribution in [3.05, 3.63) is 0 Å². The van der Waals surface area contributed by atoms with Crippen molar-refractivity contribution in [3.8, 4) is 0 Å². The maximum absolute atomic E-state index is 11.9. The highest BCUT2D eigenvalue weighted by molar-refractivity contribution is 5.71. The predicted octanol–water partition coefficient (Wildman–Crippen LogP) is 5.18. The van der Waals surface area contributed by atoms with Crippen molar-refractivity contribution in [1.29, 1.82) is 0 Å². The molecule has 0 saturated heterocycles. The monoisotopic (exact) mass is 313 g/mol. The van der Waals surface area contributed by atoms with Gasteiger partial charge in [0.25, 0.3) is 0 Å². The molecule has 3 nitrogen and oxygen atoms in total. The first-order valence-corrected chi connectivity index (χ1v) is 9.62. The van der Waals surface area contributed by atoms with E-state index in [1.807, 2.05) is 0 Å². The van der Waals surface area contributed by atoms with E-state index in [4.69, 9.17) is 4.74 Å². The molecule has 132 valence electrons. The average Bonchev–Trinajstić information content (AvgIpc) is 2.52. The van der Waals surface area contributed by atoms with Gasteiger partial charge in [-0.1, -0.05) is 72.1 Å². The van der Waals surface area contributed by atoms with Gasteiger partial charge in [-0.25, -0.2) is 0 Å². The van der Waals surface area contributed by atoms with Gasteiger partial charge in [-0.2, -0.15) is 0 Å². The van der Waals surface area contributed by atoms with E-state index in [0.717, 1.165) is 25.9 Å². The van der Waals surface area contributed by atoms with E-state index in [2.05, 4.69) is 25.7 Å². The van der Waals surface area contributed by atoms with E-state index in [-0.39, 0.29) is 5.97 Å². The Morgan fingerprint density at radius 3 is 1.73 bits per heavy atom. The summed E-state index contributed by atoms with van der Waals surface area (Å²) in [4.78, 5) is 14.2. The van der Waals surface area contributed by atoms with Gasteiger partial charge in [-0.05, 0) is 32.4 Å². The molecule has 22 heavy (non-hydrogen) atoms. The van der Waals surface area contributed by atoms with E-state index in [9.17, 15) is 4.79 Å². The molecule has 0 fully saturated rings. The standard InChI is InChI=1S/C19H39NO2/c1-4-7-10-12-15-20(16-13-11-8-5-2)18-19(21)22-17-14-9-6-3/h4-18H2,1-3H3. The van der Waals surface area contributed by atoms with Crippen molar-refractivity contribution in [2.75, 3.05) is 26.2 Å². The minimum Gasteiger partial charge on any atom is -0.465 e. The molecule has 0 unspecified atom stereocenters. The number of ether oxygens (including phenoxy) is 1. The topological polar surface area (TPSA) is 29.5 Å². The van der Waals surface area contributed by atoms with Crippen LogP contribution in [0.25, 0.3) is 0 Å². The van der Waals surface area contributed by atoms with E-state index in [1.54, 1.807) is 0 Å². The van der Waals surface area contributed by atoms with Crippen LogP contribution in [0.3, 0.4) is 0 Å². The van der Waals surface area contributed by atoms with Crippen LogP contribution in [-0.2, 0) is 9.53 Å². The van der Waals surface area contributed by atoms with Crippen LogP contribution in [0.1, 0.15) is 91.4 Å². The van der Waals surface area contributed by atoms with Gasteiger partial charge in [0.1, 0.15) is 0 Å². The van der Waals surface area contributed by atoms with Crippen LogP contribution in [0.5, 0.6) is 0 Å². The second-order valence-corrected chi connectivity index (χ2v) is 6.33. The first kappa shape index (κ1) is 21.4. The summed E-state index contributed by atoms with van der Waals surface area (Å²) < 4.78 is 5.35. The second-order valence-electron chi connectivity index (χ2n) is 6.33. The number of nitrogens with zero attached hydrogens (tertiary/aromatic N) is 1. The molecule has 0 aromatic heterocycles. The zero-order chi connectivity index (χ0) is 16.5. The maximum Gasteiger partial charge on any atom is 0.320 e. The van der Waals surface area contributed by atoms with Crippen molar-refractivity contribution >= 4 is 5.97 Å². The number of carbonyl (C=O) groups excluding carboxylic acids is 1. The van der Waals surface area contributed by atoms with Crippen LogP contribution in [0.4, 0.5) is 0 Å². The molecule has 0 aliphatic carbocycles. The SMILES string of the molecule is CCCCCCN(CCCCCC)CC(=O)OCCCCC. The molecule has 0 aliphatic heterocycles. The molecule has 0 radical (unpaired) electrons.